The number of hydrogen-bond acceptors (Lipinski definition) is 9. The zero-order chi connectivity index (χ0) is 22.8. The largest absolute Gasteiger partial charge is 0.411 e. The maximum Gasteiger partial charge on any atom is 0.320 e. The molecular weight excluding hydrogens is 452 g/mol. The molecule has 0 saturated heterocycles. The molecule has 0 saturated carbocycles. The van der Waals surface area contributed by atoms with Crippen LogP contribution in [-0.4, -0.2) is 44.1 Å². The molecule has 0 aliphatic carbocycles. The summed E-state index contributed by atoms with van der Waals surface area (Å²) in [6.45, 7) is 1.64. The minimum atomic E-state index is -0.439. The summed E-state index contributed by atoms with van der Waals surface area (Å²) in [5.41, 5.74) is 8.61. The Morgan fingerprint density at radius 2 is 2.00 bits per heavy atom. The van der Waals surface area contributed by atoms with Gasteiger partial charge in [-0.15, -0.1) is 21.3 Å². The lowest BCUT2D eigenvalue weighted by Gasteiger charge is -2.05. The minimum Gasteiger partial charge on any atom is -0.411 e. The predicted octanol–water partition coefficient (Wildman–Crippen LogP) is 3.26. The fraction of sp³-hybridized carbons (Fsp3) is 0.105. The van der Waals surface area contributed by atoms with Gasteiger partial charge in [0.25, 0.3) is 5.91 Å². The summed E-state index contributed by atoms with van der Waals surface area (Å²) in [6.07, 6.45) is 0. The summed E-state index contributed by atoms with van der Waals surface area (Å²) in [4.78, 5) is 34.0. The van der Waals surface area contributed by atoms with Crippen LogP contribution in [0, 0.1) is 6.92 Å². The van der Waals surface area contributed by atoms with E-state index in [9.17, 15) is 14.8 Å². The van der Waals surface area contributed by atoms with E-state index in [1.807, 2.05) is 11.4 Å². The van der Waals surface area contributed by atoms with Gasteiger partial charge in [0, 0.05) is 23.7 Å². The maximum atomic E-state index is 12.4. The Bertz CT molecular complexity index is 1290. The second-order valence-corrected chi connectivity index (χ2v) is 8.43. The standard InChI is InChI=1S/C19H18N8O3S2/c1-9-6-12(26-27(9)30)16(28)22-11-5-3-4-10(7-11)13-8-31-17(23-13)14-15(20)24-19(32-14)25-18(29)21-2/h3-8,30H,20H2,1-2H3,(H,22,28)(H2,21,24,25,29). The van der Waals surface area contributed by atoms with Crippen LogP contribution in [0.2, 0.25) is 0 Å². The second-order valence-electron chi connectivity index (χ2n) is 6.57. The lowest BCUT2D eigenvalue weighted by Crippen LogP contribution is -2.24. The quantitative estimate of drug-likeness (QED) is 0.280. The van der Waals surface area contributed by atoms with Gasteiger partial charge in [0.2, 0.25) is 0 Å². The molecule has 0 unspecified atom stereocenters. The number of carbonyl (C=O) groups excluding carboxylic acids is 2. The number of urea groups is 1. The molecule has 0 aliphatic rings. The molecule has 6 N–H and O–H groups in total. The van der Waals surface area contributed by atoms with Crippen LogP contribution in [-0.2, 0) is 0 Å². The number of rotatable bonds is 5. The van der Waals surface area contributed by atoms with Gasteiger partial charge in [0.1, 0.15) is 15.7 Å². The molecule has 0 bridgehead atoms. The van der Waals surface area contributed by atoms with E-state index in [2.05, 4.69) is 31.0 Å². The number of amides is 3. The molecule has 3 aromatic heterocycles. The Morgan fingerprint density at radius 3 is 2.72 bits per heavy atom. The number of benzene rings is 1. The lowest BCUT2D eigenvalue weighted by molar-refractivity contribution is 0.100. The molecule has 164 valence electrons. The van der Waals surface area contributed by atoms with E-state index in [1.54, 1.807) is 25.1 Å². The molecule has 1 aromatic carbocycles. The Balaban J connectivity index is 1.53. The molecule has 0 atom stereocenters. The van der Waals surface area contributed by atoms with Gasteiger partial charge in [-0.05, 0) is 25.1 Å². The molecular formula is C19H18N8O3S2. The number of anilines is 3. The molecule has 0 radical (unpaired) electrons. The van der Waals surface area contributed by atoms with Crippen LogP contribution in [0.3, 0.4) is 0 Å². The second kappa shape index (κ2) is 8.64. The number of nitrogen functional groups attached to an aromatic ring is 1. The number of nitrogens with two attached hydrogens (primary N) is 1. The molecule has 0 spiro atoms. The average Bonchev–Trinajstić information content (AvgIpc) is 3.47. The molecule has 13 heteroatoms. The maximum absolute atomic E-state index is 12.4. The Kier molecular flexibility index (Phi) is 5.75. The Labute approximate surface area is 189 Å². The number of aromatic nitrogens is 4. The molecule has 11 nitrogen and oxygen atoms in total. The van der Waals surface area contributed by atoms with Crippen LogP contribution in [0.4, 0.5) is 21.4 Å². The minimum absolute atomic E-state index is 0.105. The van der Waals surface area contributed by atoms with E-state index in [4.69, 9.17) is 5.73 Å². The molecule has 0 aliphatic heterocycles. The van der Waals surface area contributed by atoms with E-state index in [0.717, 1.165) is 5.56 Å². The van der Waals surface area contributed by atoms with Crippen LogP contribution in [0.25, 0.3) is 21.1 Å². The number of nitrogens with one attached hydrogen (secondary N) is 3. The molecule has 3 heterocycles. The van der Waals surface area contributed by atoms with Crippen molar-refractivity contribution in [1.82, 2.24) is 25.2 Å². The van der Waals surface area contributed by atoms with Gasteiger partial charge < -0.3 is 21.6 Å². The van der Waals surface area contributed by atoms with Crippen LogP contribution < -0.4 is 21.7 Å². The fourth-order valence-corrected chi connectivity index (χ4v) is 4.54. The number of nitrogens with zero attached hydrogens (tertiary/aromatic N) is 4. The van der Waals surface area contributed by atoms with Gasteiger partial charge >= 0.3 is 6.03 Å². The highest BCUT2D eigenvalue weighted by Gasteiger charge is 2.17. The zero-order valence-electron chi connectivity index (χ0n) is 16.9. The first-order valence-electron chi connectivity index (χ1n) is 9.22. The van der Waals surface area contributed by atoms with E-state index in [-0.39, 0.29) is 17.5 Å². The van der Waals surface area contributed by atoms with Crippen molar-refractivity contribution in [2.75, 3.05) is 23.4 Å². The first-order chi connectivity index (χ1) is 15.3. The van der Waals surface area contributed by atoms with Crippen molar-refractivity contribution in [2.45, 2.75) is 6.92 Å². The molecule has 0 fully saturated rings. The van der Waals surface area contributed by atoms with Crippen LogP contribution in [0.15, 0.2) is 35.7 Å². The first kappa shape index (κ1) is 21.3. The monoisotopic (exact) mass is 470 g/mol. The average molecular weight is 471 g/mol. The molecule has 4 aromatic rings. The van der Waals surface area contributed by atoms with Gasteiger partial charge in [-0.25, -0.2) is 14.8 Å². The van der Waals surface area contributed by atoms with Gasteiger partial charge in [-0.3, -0.25) is 10.1 Å². The Morgan fingerprint density at radius 1 is 1.19 bits per heavy atom. The van der Waals surface area contributed by atoms with E-state index in [0.29, 0.717) is 36.9 Å². The van der Waals surface area contributed by atoms with Gasteiger partial charge in [0.15, 0.2) is 10.8 Å². The van der Waals surface area contributed by atoms with E-state index < -0.39 is 5.91 Å². The summed E-state index contributed by atoms with van der Waals surface area (Å²) in [5, 5.41) is 24.0. The van der Waals surface area contributed by atoms with Crippen molar-refractivity contribution < 1.29 is 14.8 Å². The number of hydrogen-bond donors (Lipinski definition) is 5. The molecule has 32 heavy (non-hydrogen) atoms. The topological polar surface area (TPSA) is 160 Å². The van der Waals surface area contributed by atoms with Gasteiger partial charge in [-0.1, -0.05) is 23.5 Å². The highest BCUT2D eigenvalue weighted by molar-refractivity contribution is 7.23. The van der Waals surface area contributed by atoms with Crippen molar-refractivity contribution >= 4 is 51.2 Å². The predicted molar refractivity (Wildman–Crippen MR) is 123 cm³/mol. The SMILES string of the molecule is CNC(=O)Nc1nc(N)c(-c2nc(-c3cccc(NC(=O)c4cc(C)n(O)n4)c3)cs2)s1. The van der Waals surface area contributed by atoms with Crippen LogP contribution >= 0.6 is 22.7 Å². The first-order valence-corrected chi connectivity index (χ1v) is 10.9. The highest BCUT2D eigenvalue weighted by Crippen LogP contribution is 2.38. The normalized spacial score (nSPS) is 10.7. The van der Waals surface area contributed by atoms with Crippen molar-refractivity contribution in [3.63, 3.8) is 0 Å². The van der Waals surface area contributed by atoms with E-state index in [1.165, 1.54) is 35.8 Å². The third-order valence-electron chi connectivity index (χ3n) is 4.31. The summed E-state index contributed by atoms with van der Waals surface area (Å²) in [6, 6.07) is 8.30. The number of aryl methyl sites for hydroxylation is 1. The summed E-state index contributed by atoms with van der Waals surface area (Å²) in [5.74, 6) is -0.160. The number of thiazole rings is 2. The van der Waals surface area contributed by atoms with Gasteiger partial charge in [-0.2, -0.15) is 0 Å². The zero-order valence-corrected chi connectivity index (χ0v) is 18.5. The summed E-state index contributed by atoms with van der Waals surface area (Å²) < 4.78 is 0. The highest BCUT2D eigenvalue weighted by atomic mass is 32.1. The van der Waals surface area contributed by atoms with Crippen molar-refractivity contribution in [2.24, 2.45) is 0 Å². The smallest absolute Gasteiger partial charge is 0.320 e. The third kappa shape index (κ3) is 4.38. The molecule has 4 rings (SSSR count). The fourth-order valence-electron chi connectivity index (χ4n) is 2.74. The third-order valence-corrected chi connectivity index (χ3v) is 6.29. The lowest BCUT2D eigenvalue weighted by atomic mass is 10.1. The summed E-state index contributed by atoms with van der Waals surface area (Å²) >= 11 is 2.62. The van der Waals surface area contributed by atoms with Crippen molar-refractivity contribution in [3.05, 3.63) is 47.1 Å². The van der Waals surface area contributed by atoms with Crippen LogP contribution in [0.1, 0.15) is 16.2 Å². The Hall–Kier alpha value is -3.97. The number of carbonyl (C=O) groups is 2. The molecule has 3 amide bonds. The summed E-state index contributed by atoms with van der Waals surface area (Å²) in [7, 11) is 1.51. The van der Waals surface area contributed by atoms with Crippen molar-refractivity contribution in [1.29, 1.82) is 0 Å². The van der Waals surface area contributed by atoms with Crippen LogP contribution in [0.5, 0.6) is 0 Å². The van der Waals surface area contributed by atoms with Gasteiger partial charge in [0.05, 0.1) is 11.4 Å². The van der Waals surface area contributed by atoms with Crippen molar-refractivity contribution in [3.8, 4) is 21.1 Å². The van der Waals surface area contributed by atoms with E-state index >= 15 is 0 Å².